The quantitative estimate of drug-likeness (QED) is 0.0159. The Labute approximate surface area is 393 Å². The minimum Gasteiger partial charge on any atom is -0.462 e. The van der Waals surface area contributed by atoms with E-state index < -0.39 is 99.3 Å². The Kier molecular flexibility index (Phi) is 33.9. The molecule has 0 aromatic rings. The standard InChI is InChI=1S/C51H84O15/c1-3-5-7-9-11-13-15-17-19-21-23-25-27-29-31-33-42(53)61-36-39(64-43(54)34-32-30-28-26-24-22-20-18-16-14-12-10-8-6-4-2)37-62-50-49(60)47(58)45(56)41(66-50)38-63-51-48(59)46(57)44(55)40(35-52)65-51/h6,8,10-14,16-20,39-41,44-52,55-60H,3-5,7,9,15,21-38H2,1-2H3/b8-6+,12-10+,13-11+,16-14+,19-17+,20-18+/t39-,40-,41-,44+,45+,46?,47?,48?,49?,50-,51-/m1/s1. The number of hydrogen-bond acceptors (Lipinski definition) is 15. The monoisotopic (exact) mass is 937 g/mol. The van der Waals surface area contributed by atoms with E-state index in [1.807, 2.05) is 36.5 Å². The van der Waals surface area contributed by atoms with Gasteiger partial charge in [0.05, 0.1) is 19.8 Å². The van der Waals surface area contributed by atoms with Gasteiger partial charge in [0.15, 0.2) is 18.7 Å². The van der Waals surface area contributed by atoms with Gasteiger partial charge in [-0.25, -0.2) is 0 Å². The van der Waals surface area contributed by atoms with E-state index in [2.05, 4.69) is 50.3 Å². The normalized spacial score (nSPS) is 26.8. The van der Waals surface area contributed by atoms with E-state index in [0.29, 0.717) is 12.8 Å². The Balaban J connectivity index is 1.85. The highest BCUT2D eigenvalue weighted by molar-refractivity contribution is 5.70. The number of carbonyl (C=O) groups excluding carboxylic acids is 2. The number of ether oxygens (including phenoxy) is 6. The molecule has 0 aliphatic carbocycles. The zero-order chi connectivity index (χ0) is 48.2. The van der Waals surface area contributed by atoms with Crippen molar-refractivity contribution in [3.63, 3.8) is 0 Å². The molecule has 0 saturated carbocycles. The van der Waals surface area contributed by atoms with Gasteiger partial charge in [0.25, 0.3) is 0 Å². The molecule has 4 unspecified atom stereocenters. The van der Waals surface area contributed by atoms with E-state index in [9.17, 15) is 45.3 Å². The van der Waals surface area contributed by atoms with Gasteiger partial charge in [0.2, 0.25) is 0 Å². The average Bonchev–Trinajstić information content (AvgIpc) is 3.31. The number of aliphatic hydroxyl groups is 7. The summed E-state index contributed by atoms with van der Waals surface area (Å²) in [5, 5.41) is 72.0. The molecule has 2 saturated heterocycles. The van der Waals surface area contributed by atoms with Crippen LogP contribution in [0.15, 0.2) is 72.9 Å². The van der Waals surface area contributed by atoms with Crippen LogP contribution in [0.4, 0.5) is 0 Å². The number of esters is 2. The molecule has 0 bridgehead atoms. The summed E-state index contributed by atoms with van der Waals surface area (Å²) in [5.74, 6) is -0.976. The fourth-order valence-corrected chi connectivity index (χ4v) is 7.20. The first-order valence-electron chi connectivity index (χ1n) is 24.6. The Bertz CT molecular complexity index is 1430. The summed E-state index contributed by atoms with van der Waals surface area (Å²) in [4.78, 5) is 25.7. The molecule has 378 valence electrons. The van der Waals surface area contributed by atoms with Crippen molar-refractivity contribution in [2.75, 3.05) is 26.4 Å². The van der Waals surface area contributed by atoms with E-state index in [-0.39, 0.29) is 19.4 Å². The first kappa shape index (κ1) is 59.1. The molecule has 2 rings (SSSR count). The van der Waals surface area contributed by atoms with Crippen LogP contribution in [-0.4, -0.2) is 142 Å². The Morgan fingerprint density at radius 2 is 1.02 bits per heavy atom. The zero-order valence-electron chi connectivity index (χ0n) is 39.6. The third-order valence-electron chi connectivity index (χ3n) is 11.3. The van der Waals surface area contributed by atoms with Gasteiger partial charge in [-0.1, -0.05) is 138 Å². The van der Waals surface area contributed by atoms with Gasteiger partial charge in [-0.15, -0.1) is 0 Å². The van der Waals surface area contributed by atoms with Gasteiger partial charge in [-0.2, -0.15) is 0 Å². The first-order chi connectivity index (χ1) is 32.0. The van der Waals surface area contributed by atoms with Gasteiger partial charge in [0, 0.05) is 12.8 Å². The molecule has 0 aromatic heterocycles. The molecule has 2 fully saturated rings. The largest absolute Gasteiger partial charge is 0.462 e. The Hall–Kier alpha value is -3.06. The topological polar surface area (TPSA) is 231 Å². The molecule has 15 nitrogen and oxygen atoms in total. The van der Waals surface area contributed by atoms with Gasteiger partial charge in [-0.3, -0.25) is 9.59 Å². The van der Waals surface area contributed by atoms with Crippen LogP contribution >= 0.6 is 0 Å². The molecule has 2 aliphatic heterocycles. The molecule has 7 N–H and O–H groups in total. The molecule has 2 heterocycles. The van der Waals surface area contributed by atoms with E-state index in [0.717, 1.165) is 83.5 Å². The summed E-state index contributed by atoms with van der Waals surface area (Å²) in [7, 11) is 0. The van der Waals surface area contributed by atoms with E-state index in [4.69, 9.17) is 28.4 Å². The lowest BCUT2D eigenvalue weighted by Gasteiger charge is -2.42. The number of aliphatic hydroxyl groups excluding tert-OH is 7. The minimum absolute atomic E-state index is 0.132. The average molecular weight is 937 g/mol. The second kappa shape index (κ2) is 37.9. The molecule has 0 aromatic carbocycles. The molecule has 0 amide bonds. The molecule has 11 atom stereocenters. The highest BCUT2D eigenvalue weighted by Gasteiger charge is 2.47. The van der Waals surface area contributed by atoms with Crippen molar-refractivity contribution in [3.05, 3.63) is 72.9 Å². The molecular formula is C51H84O15. The molecule has 66 heavy (non-hydrogen) atoms. The second-order valence-corrected chi connectivity index (χ2v) is 17.0. The van der Waals surface area contributed by atoms with E-state index >= 15 is 0 Å². The number of hydrogen-bond donors (Lipinski definition) is 7. The van der Waals surface area contributed by atoms with E-state index in [1.165, 1.54) is 19.3 Å². The Morgan fingerprint density at radius 3 is 1.62 bits per heavy atom. The van der Waals surface area contributed by atoms with Crippen molar-refractivity contribution >= 4 is 11.9 Å². The number of carbonyl (C=O) groups is 2. The van der Waals surface area contributed by atoms with Crippen LogP contribution in [0.2, 0.25) is 0 Å². The van der Waals surface area contributed by atoms with Crippen LogP contribution < -0.4 is 0 Å². The predicted octanol–water partition coefficient (Wildman–Crippen LogP) is 6.26. The van der Waals surface area contributed by atoms with Crippen LogP contribution in [0.5, 0.6) is 0 Å². The zero-order valence-corrected chi connectivity index (χ0v) is 39.6. The van der Waals surface area contributed by atoms with Gasteiger partial charge in [-0.05, 0) is 64.2 Å². The molecule has 0 spiro atoms. The van der Waals surface area contributed by atoms with Crippen molar-refractivity contribution in [1.29, 1.82) is 0 Å². The summed E-state index contributed by atoms with van der Waals surface area (Å²) in [6.45, 7) is 2.36. The fraction of sp³-hybridized carbons (Fsp3) is 0.725. The van der Waals surface area contributed by atoms with Crippen LogP contribution in [0, 0.1) is 0 Å². The summed E-state index contributed by atoms with van der Waals surface area (Å²) in [5.41, 5.74) is 0. The van der Waals surface area contributed by atoms with Gasteiger partial charge in [0.1, 0.15) is 55.4 Å². The fourth-order valence-electron chi connectivity index (χ4n) is 7.20. The summed E-state index contributed by atoms with van der Waals surface area (Å²) in [6, 6.07) is 0. The lowest BCUT2D eigenvalue weighted by molar-refractivity contribution is -0.332. The van der Waals surface area contributed by atoms with Gasteiger partial charge < -0.3 is 64.2 Å². The molecule has 0 radical (unpaired) electrons. The van der Waals surface area contributed by atoms with E-state index in [1.54, 1.807) is 0 Å². The van der Waals surface area contributed by atoms with Crippen LogP contribution in [0.25, 0.3) is 0 Å². The van der Waals surface area contributed by atoms with Crippen molar-refractivity contribution < 1.29 is 73.8 Å². The first-order valence-corrected chi connectivity index (χ1v) is 24.6. The molecule has 2 aliphatic rings. The van der Waals surface area contributed by atoms with Gasteiger partial charge >= 0.3 is 11.9 Å². The summed E-state index contributed by atoms with van der Waals surface area (Å²) >= 11 is 0. The second-order valence-electron chi connectivity index (χ2n) is 17.0. The lowest BCUT2D eigenvalue weighted by Crippen LogP contribution is -2.61. The maximum atomic E-state index is 13.0. The Morgan fingerprint density at radius 1 is 0.515 bits per heavy atom. The maximum Gasteiger partial charge on any atom is 0.306 e. The van der Waals surface area contributed by atoms with Crippen LogP contribution in [-0.2, 0) is 38.0 Å². The smallest absolute Gasteiger partial charge is 0.306 e. The maximum absolute atomic E-state index is 13.0. The number of rotatable bonds is 36. The third-order valence-corrected chi connectivity index (χ3v) is 11.3. The molecule has 15 heteroatoms. The SMILES string of the molecule is CC/C=C/C=C/C=C/C=C/CCCCCCCC(=O)O[C@H](COC(=O)CCCCCCC/C=C/C/C=C/CCCCC)CO[C@@H]1O[C@H](CO[C@@H]2O[C@H](CO)[C@H](O)C(O)C2O)[C@H](O)C(O)C1O. The number of unbranched alkanes of at least 4 members (excludes halogenated alkanes) is 13. The van der Waals surface area contributed by atoms with Crippen molar-refractivity contribution in [1.82, 2.24) is 0 Å². The summed E-state index contributed by atoms with van der Waals surface area (Å²) < 4.78 is 33.5. The van der Waals surface area contributed by atoms with Crippen molar-refractivity contribution in [2.45, 2.75) is 210 Å². The minimum atomic E-state index is -1.77. The van der Waals surface area contributed by atoms with Crippen molar-refractivity contribution in [3.8, 4) is 0 Å². The van der Waals surface area contributed by atoms with Crippen LogP contribution in [0.3, 0.4) is 0 Å². The van der Waals surface area contributed by atoms with Crippen molar-refractivity contribution in [2.24, 2.45) is 0 Å². The number of allylic oxidation sites excluding steroid dienone is 12. The molecular weight excluding hydrogens is 853 g/mol. The lowest BCUT2D eigenvalue weighted by atomic mass is 9.98. The predicted molar refractivity (Wildman–Crippen MR) is 252 cm³/mol. The highest BCUT2D eigenvalue weighted by Crippen LogP contribution is 2.26. The third kappa shape index (κ3) is 25.9. The highest BCUT2D eigenvalue weighted by atomic mass is 16.7. The van der Waals surface area contributed by atoms with Crippen LogP contribution in [0.1, 0.15) is 142 Å². The summed E-state index contributed by atoms with van der Waals surface area (Å²) in [6.07, 6.45) is 26.4.